The second-order valence-electron chi connectivity index (χ2n) is 5.80. The first-order valence-corrected chi connectivity index (χ1v) is 7.38. The summed E-state index contributed by atoms with van der Waals surface area (Å²) in [5.41, 5.74) is 6.79. The van der Waals surface area contributed by atoms with Crippen LogP contribution in [0.25, 0.3) is 0 Å². The van der Waals surface area contributed by atoms with Gasteiger partial charge in [0, 0.05) is 12.1 Å². The first-order valence-electron chi connectivity index (χ1n) is 7.38. The summed E-state index contributed by atoms with van der Waals surface area (Å²) in [4.78, 5) is 38.0. The van der Waals surface area contributed by atoms with Crippen LogP contribution in [0.2, 0.25) is 0 Å². The molecule has 1 aromatic carbocycles. The molecule has 6 nitrogen and oxygen atoms in total. The molecule has 1 aliphatic carbocycles. The lowest BCUT2D eigenvalue weighted by Crippen LogP contribution is -2.43. The van der Waals surface area contributed by atoms with Crippen molar-refractivity contribution in [3.63, 3.8) is 0 Å². The quantitative estimate of drug-likeness (QED) is 0.655. The van der Waals surface area contributed by atoms with Gasteiger partial charge in [-0.15, -0.1) is 12.4 Å². The average Bonchev–Trinajstić information content (AvgIpc) is 2.79. The summed E-state index contributed by atoms with van der Waals surface area (Å²) in [6.45, 7) is 0. The first-order chi connectivity index (χ1) is 10.5. The van der Waals surface area contributed by atoms with Crippen LogP contribution in [0.1, 0.15) is 56.8 Å². The average molecular weight is 339 g/mol. The molecule has 7 heteroatoms. The molecule has 124 valence electrons. The molecule has 0 saturated heterocycles. The number of ether oxygens (including phenoxy) is 1. The number of nitrogens with two attached hydrogens (primary N) is 1. The van der Waals surface area contributed by atoms with Crippen molar-refractivity contribution < 1.29 is 19.1 Å². The Hall–Kier alpha value is -1.92. The summed E-state index contributed by atoms with van der Waals surface area (Å²) in [5, 5.41) is 0. The molecule has 0 aromatic heterocycles. The molecule has 2 N–H and O–H groups in total. The SMILES string of the molecule is COC(=O)c1ccc2c(c1)C(=O)N([C@H]1CC[C@H](N)CC1)C2=O.Cl. The van der Waals surface area contributed by atoms with E-state index in [-0.39, 0.29) is 47.4 Å². The predicted molar refractivity (Wildman–Crippen MR) is 85.8 cm³/mol. The van der Waals surface area contributed by atoms with Gasteiger partial charge in [-0.25, -0.2) is 4.79 Å². The van der Waals surface area contributed by atoms with Crippen molar-refractivity contribution in [2.24, 2.45) is 5.73 Å². The smallest absolute Gasteiger partial charge is 0.337 e. The zero-order valence-electron chi connectivity index (χ0n) is 12.8. The second-order valence-corrected chi connectivity index (χ2v) is 5.80. The van der Waals surface area contributed by atoms with Gasteiger partial charge in [0.15, 0.2) is 0 Å². The minimum atomic E-state index is -0.523. The Morgan fingerprint density at radius 1 is 1.13 bits per heavy atom. The number of fused-ring (bicyclic) bond motifs is 1. The molecule has 0 radical (unpaired) electrons. The first kappa shape index (κ1) is 17.4. The van der Waals surface area contributed by atoms with Crippen molar-refractivity contribution in [3.05, 3.63) is 34.9 Å². The summed E-state index contributed by atoms with van der Waals surface area (Å²) in [6, 6.07) is 4.52. The molecule has 1 aromatic rings. The molecule has 0 atom stereocenters. The topological polar surface area (TPSA) is 89.7 Å². The van der Waals surface area contributed by atoms with Gasteiger partial charge in [0.1, 0.15) is 0 Å². The van der Waals surface area contributed by atoms with Crippen molar-refractivity contribution in [1.29, 1.82) is 0 Å². The van der Waals surface area contributed by atoms with E-state index in [1.807, 2.05) is 0 Å². The number of carbonyl (C=O) groups is 3. The van der Waals surface area contributed by atoms with E-state index in [0.29, 0.717) is 5.56 Å². The van der Waals surface area contributed by atoms with Gasteiger partial charge in [0.2, 0.25) is 0 Å². The highest BCUT2D eigenvalue weighted by Gasteiger charge is 2.41. The second kappa shape index (κ2) is 6.68. The van der Waals surface area contributed by atoms with Crippen LogP contribution in [0.4, 0.5) is 0 Å². The zero-order chi connectivity index (χ0) is 15.9. The van der Waals surface area contributed by atoms with Gasteiger partial charge in [-0.3, -0.25) is 14.5 Å². The number of benzene rings is 1. The third-order valence-electron chi connectivity index (χ3n) is 4.45. The maximum absolute atomic E-state index is 12.6. The molecule has 0 bridgehead atoms. The molecule has 0 unspecified atom stereocenters. The Morgan fingerprint density at radius 2 is 1.74 bits per heavy atom. The van der Waals surface area contributed by atoms with Gasteiger partial charge >= 0.3 is 5.97 Å². The van der Waals surface area contributed by atoms with E-state index in [4.69, 9.17) is 5.73 Å². The Kier molecular flexibility index (Phi) is 5.06. The van der Waals surface area contributed by atoms with E-state index in [2.05, 4.69) is 4.74 Å². The summed E-state index contributed by atoms with van der Waals surface area (Å²) in [5.74, 6) is -1.13. The molecule has 1 aliphatic heterocycles. The fourth-order valence-corrected chi connectivity index (χ4v) is 3.20. The molecule has 2 amide bonds. The number of carbonyl (C=O) groups excluding carboxylic acids is 3. The minimum Gasteiger partial charge on any atom is -0.465 e. The fourth-order valence-electron chi connectivity index (χ4n) is 3.20. The molecule has 1 fully saturated rings. The van der Waals surface area contributed by atoms with E-state index >= 15 is 0 Å². The number of amides is 2. The van der Waals surface area contributed by atoms with E-state index in [0.717, 1.165) is 25.7 Å². The summed E-state index contributed by atoms with van der Waals surface area (Å²) < 4.78 is 4.65. The van der Waals surface area contributed by atoms with Crippen molar-refractivity contribution in [2.75, 3.05) is 7.11 Å². The Labute approximate surface area is 140 Å². The van der Waals surface area contributed by atoms with E-state index in [9.17, 15) is 14.4 Å². The van der Waals surface area contributed by atoms with Gasteiger partial charge in [0.05, 0.1) is 23.8 Å². The van der Waals surface area contributed by atoms with Crippen LogP contribution in [0.15, 0.2) is 18.2 Å². The molecule has 0 spiro atoms. The molecule has 2 aliphatic rings. The number of imide groups is 1. The van der Waals surface area contributed by atoms with Crippen LogP contribution in [-0.2, 0) is 4.74 Å². The van der Waals surface area contributed by atoms with Gasteiger partial charge < -0.3 is 10.5 Å². The Morgan fingerprint density at radius 3 is 2.35 bits per heavy atom. The maximum atomic E-state index is 12.6. The molecule has 1 heterocycles. The van der Waals surface area contributed by atoms with Crippen molar-refractivity contribution >= 4 is 30.2 Å². The third kappa shape index (κ3) is 2.96. The van der Waals surface area contributed by atoms with E-state index in [1.165, 1.54) is 30.2 Å². The lowest BCUT2D eigenvalue weighted by atomic mass is 9.91. The number of rotatable bonds is 2. The number of hydrogen-bond acceptors (Lipinski definition) is 5. The lowest BCUT2D eigenvalue weighted by Gasteiger charge is -2.31. The summed E-state index contributed by atoms with van der Waals surface area (Å²) in [7, 11) is 1.28. The van der Waals surface area contributed by atoms with Crippen molar-refractivity contribution in [1.82, 2.24) is 4.90 Å². The largest absolute Gasteiger partial charge is 0.465 e. The third-order valence-corrected chi connectivity index (χ3v) is 4.45. The molecule has 23 heavy (non-hydrogen) atoms. The minimum absolute atomic E-state index is 0. The van der Waals surface area contributed by atoms with Crippen LogP contribution in [0.5, 0.6) is 0 Å². The monoisotopic (exact) mass is 338 g/mol. The summed E-state index contributed by atoms with van der Waals surface area (Å²) >= 11 is 0. The van der Waals surface area contributed by atoms with Gasteiger partial charge in [-0.2, -0.15) is 0 Å². The highest BCUT2D eigenvalue weighted by atomic mass is 35.5. The van der Waals surface area contributed by atoms with Crippen LogP contribution >= 0.6 is 12.4 Å². The van der Waals surface area contributed by atoms with Gasteiger partial charge in [0.25, 0.3) is 11.8 Å². The highest BCUT2D eigenvalue weighted by molar-refractivity contribution is 6.22. The number of nitrogens with zero attached hydrogens (tertiary/aromatic N) is 1. The molecular formula is C16H19ClN2O4. The highest BCUT2D eigenvalue weighted by Crippen LogP contribution is 2.31. The zero-order valence-corrected chi connectivity index (χ0v) is 13.6. The van der Waals surface area contributed by atoms with Crippen molar-refractivity contribution in [2.45, 2.75) is 37.8 Å². The lowest BCUT2D eigenvalue weighted by molar-refractivity contribution is 0.0542. The van der Waals surface area contributed by atoms with Crippen molar-refractivity contribution in [3.8, 4) is 0 Å². The number of hydrogen-bond donors (Lipinski definition) is 1. The maximum Gasteiger partial charge on any atom is 0.337 e. The standard InChI is InChI=1S/C16H18N2O4.ClH/c1-22-16(21)9-2-7-12-13(8-9)15(20)18(14(12)19)11-5-3-10(17)4-6-11;/h2,7-8,10-11H,3-6,17H2,1H3;1H/t10-,11-;. The molecule has 1 saturated carbocycles. The molecular weight excluding hydrogens is 320 g/mol. The van der Waals surface area contributed by atoms with Crippen LogP contribution < -0.4 is 5.73 Å². The Balaban J connectivity index is 0.00000192. The predicted octanol–water partition coefficient (Wildman–Crippen LogP) is 1.76. The fraction of sp³-hybridized carbons (Fsp3) is 0.438. The van der Waals surface area contributed by atoms with Crippen LogP contribution in [-0.4, -0.2) is 41.9 Å². The van der Waals surface area contributed by atoms with Gasteiger partial charge in [-0.05, 0) is 43.9 Å². The van der Waals surface area contributed by atoms with Crippen LogP contribution in [0, 0.1) is 0 Å². The van der Waals surface area contributed by atoms with E-state index in [1.54, 1.807) is 0 Å². The van der Waals surface area contributed by atoms with Gasteiger partial charge in [-0.1, -0.05) is 0 Å². The molecule has 3 rings (SSSR count). The Bertz CT molecular complexity index is 653. The normalized spacial score (nSPS) is 23.3. The number of esters is 1. The van der Waals surface area contributed by atoms with E-state index < -0.39 is 5.97 Å². The van der Waals surface area contributed by atoms with Crippen LogP contribution in [0.3, 0.4) is 0 Å². The number of halogens is 1. The number of methoxy groups -OCH3 is 1. The summed E-state index contributed by atoms with van der Waals surface area (Å²) in [6.07, 6.45) is 3.09.